The van der Waals surface area contributed by atoms with Crippen LogP contribution in [0.25, 0.3) is 5.69 Å². The fourth-order valence-corrected chi connectivity index (χ4v) is 3.96. The van der Waals surface area contributed by atoms with Crippen LogP contribution in [0, 0.1) is 5.41 Å². The van der Waals surface area contributed by atoms with Gasteiger partial charge in [-0.05, 0) is 62.4 Å². The summed E-state index contributed by atoms with van der Waals surface area (Å²) in [6.45, 7) is 0.898. The molecule has 0 radical (unpaired) electrons. The van der Waals surface area contributed by atoms with E-state index in [1.54, 1.807) is 6.20 Å². The molecular weight excluding hydrogens is 308 g/mol. The number of hydrogen-bond donors (Lipinski definition) is 1. The highest BCUT2D eigenvalue weighted by Gasteiger charge is 2.70. The molecule has 2 fully saturated rings. The maximum atomic E-state index is 13.4. The molecule has 2 aliphatic carbocycles. The molecule has 1 aromatic carbocycles. The molecule has 0 bridgehead atoms. The van der Waals surface area contributed by atoms with E-state index in [4.69, 9.17) is 0 Å². The second kappa shape index (κ2) is 5.96. The van der Waals surface area contributed by atoms with E-state index in [9.17, 15) is 8.78 Å². The fraction of sp³-hybridized carbons (Fsp3) is 0.526. The predicted molar refractivity (Wildman–Crippen MR) is 89.5 cm³/mol. The largest absolute Gasteiger partial charge is 0.314 e. The minimum Gasteiger partial charge on any atom is -0.314 e. The SMILES string of the molecule is FC1(F)CC12CCC(NCCc1ccc(-n3cccn3)cc1)CC2. The smallest absolute Gasteiger partial charge is 0.254 e. The molecule has 3 nitrogen and oxygen atoms in total. The molecule has 4 rings (SSSR count). The Morgan fingerprint density at radius 1 is 1.17 bits per heavy atom. The van der Waals surface area contributed by atoms with Crippen molar-refractivity contribution >= 4 is 0 Å². The molecule has 24 heavy (non-hydrogen) atoms. The maximum Gasteiger partial charge on any atom is 0.254 e. The van der Waals surface area contributed by atoms with Crippen molar-refractivity contribution in [3.8, 4) is 5.69 Å². The Balaban J connectivity index is 1.22. The molecule has 1 heterocycles. The highest BCUT2D eigenvalue weighted by atomic mass is 19.3. The maximum absolute atomic E-state index is 13.4. The molecular formula is C19H23F2N3. The highest BCUT2D eigenvalue weighted by molar-refractivity contribution is 5.33. The van der Waals surface area contributed by atoms with Gasteiger partial charge < -0.3 is 5.32 Å². The van der Waals surface area contributed by atoms with Gasteiger partial charge in [-0.3, -0.25) is 0 Å². The van der Waals surface area contributed by atoms with Crippen LogP contribution in [0.15, 0.2) is 42.7 Å². The summed E-state index contributed by atoms with van der Waals surface area (Å²) < 4.78 is 28.6. The number of alkyl halides is 2. The van der Waals surface area contributed by atoms with Gasteiger partial charge in [-0.15, -0.1) is 0 Å². The zero-order valence-electron chi connectivity index (χ0n) is 13.7. The average molecular weight is 331 g/mol. The van der Waals surface area contributed by atoms with Crippen LogP contribution in [0.3, 0.4) is 0 Å². The van der Waals surface area contributed by atoms with E-state index in [0.29, 0.717) is 18.9 Å². The van der Waals surface area contributed by atoms with Gasteiger partial charge in [-0.1, -0.05) is 12.1 Å². The van der Waals surface area contributed by atoms with Crippen molar-refractivity contribution < 1.29 is 8.78 Å². The van der Waals surface area contributed by atoms with Crippen molar-refractivity contribution in [3.05, 3.63) is 48.3 Å². The van der Waals surface area contributed by atoms with Gasteiger partial charge in [-0.25, -0.2) is 13.5 Å². The van der Waals surface area contributed by atoms with Gasteiger partial charge in [0.15, 0.2) is 0 Å². The summed E-state index contributed by atoms with van der Waals surface area (Å²) in [6, 6.07) is 10.7. The van der Waals surface area contributed by atoms with Crippen LogP contribution >= 0.6 is 0 Å². The van der Waals surface area contributed by atoms with E-state index in [2.05, 4.69) is 34.7 Å². The third-order valence-electron chi connectivity index (χ3n) is 5.71. The number of halogens is 2. The molecule has 2 aliphatic rings. The summed E-state index contributed by atoms with van der Waals surface area (Å²) in [4.78, 5) is 0. The van der Waals surface area contributed by atoms with Gasteiger partial charge in [0.2, 0.25) is 0 Å². The molecule has 0 unspecified atom stereocenters. The van der Waals surface area contributed by atoms with Crippen LogP contribution in [0.1, 0.15) is 37.7 Å². The lowest BCUT2D eigenvalue weighted by molar-refractivity contribution is 0.0439. The van der Waals surface area contributed by atoms with Crippen molar-refractivity contribution in [2.45, 2.75) is 50.5 Å². The lowest BCUT2D eigenvalue weighted by Crippen LogP contribution is -2.36. The van der Waals surface area contributed by atoms with E-state index in [0.717, 1.165) is 31.5 Å². The third kappa shape index (κ3) is 2.97. The van der Waals surface area contributed by atoms with E-state index in [1.807, 2.05) is 16.9 Å². The molecule has 5 heteroatoms. The highest BCUT2D eigenvalue weighted by Crippen LogP contribution is 2.67. The first-order valence-corrected chi connectivity index (χ1v) is 8.78. The van der Waals surface area contributed by atoms with Crippen molar-refractivity contribution in [1.82, 2.24) is 15.1 Å². The van der Waals surface area contributed by atoms with E-state index < -0.39 is 11.3 Å². The number of nitrogens with one attached hydrogen (secondary N) is 1. The van der Waals surface area contributed by atoms with Crippen molar-refractivity contribution in [1.29, 1.82) is 0 Å². The number of nitrogens with zero attached hydrogens (tertiary/aromatic N) is 2. The number of benzene rings is 1. The number of hydrogen-bond acceptors (Lipinski definition) is 2. The Labute approximate surface area is 141 Å². The Morgan fingerprint density at radius 3 is 2.46 bits per heavy atom. The van der Waals surface area contributed by atoms with Crippen LogP contribution < -0.4 is 5.32 Å². The van der Waals surface area contributed by atoms with Gasteiger partial charge in [0.1, 0.15) is 0 Å². The summed E-state index contributed by atoms with van der Waals surface area (Å²) in [6.07, 6.45) is 7.89. The molecule has 1 aromatic heterocycles. The van der Waals surface area contributed by atoms with Gasteiger partial charge in [0.25, 0.3) is 5.92 Å². The van der Waals surface area contributed by atoms with Crippen molar-refractivity contribution in [2.24, 2.45) is 5.41 Å². The Morgan fingerprint density at radius 2 is 1.88 bits per heavy atom. The molecule has 1 N–H and O–H groups in total. The third-order valence-corrected chi connectivity index (χ3v) is 5.71. The second-order valence-corrected chi connectivity index (χ2v) is 7.26. The van der Waals surface area contributed by atoms with Gasteiger partial charge in [0.05, 0.1) is 5.69 Å². The van der Waals surface area contributed by atoms with Crippen LogP contribution in [-0.2, 0) is 6.42 Å². The molecule has 0 atom stereocenters. The molecule has 128 valence electrons. The molecule has 1 spiro atoms. The van der Waals surface area contributed by atoms with E-state index in [-0.39, 0.29) is 6.42 Å². The van der Waals surface area contributed by atoms with Crippen molar-refractivity contribution in [2.75, 3.05) is 6.54 Å². The van der Waals surface area contributed by atoms with E-state index >= 15 is 0 Å². The lowest BCUT2D eigenvalue weighted by atomic mass is 9.83. The summed E-state index contributed by atoms with van der Waals surface area (Å²) >= 11 is 0. The Bertz CT molecular complexity index is 671. The second-order valence-electron chi connectivity index (χ2n) is 7.26. The van der Waals surface area contributed by atoms with Crippen molar-refractivity contribution in [3.63, 3.8) is 0 Å². The fourth-order valence-electron chi connectivity index (χ4n) is 3.96. The van der Waals surface area contributed by atoms with Gasteiger partial charge in [-0.2, -0.15) is 5.10 Å². The van der Waals surface area contributed by atoms with Crippen LogP contribution in [-0.4, -0.2) is 28.3 Å². The Kier molecular flexibility index (Phi) is 3.91. The molecule has 0 amide bonds. The van der Waals surface area contributed by atoms with Gasteiger partial charge >= 0.3 is 0 Å². The van der Waals surface area contributed by atoms with Gasteiger partial charge in [0, 0.05) is 30.3 Å². The minimum absolute atomic E-state index is 0.120. The van der Waals surface area contributed by atoms with Crippen LogP contribution in [0.2, 0.25) is 0 Å². The number of aromatic nitrogens is 2. The zero-order chi connectivity index (χ0) is 16.6. The molecule has 0 saturated heterocycles. The summed E-state index contributed by atoms with van der Waals surface area (Å²) in [5.74, 6) is -2.38. The standard InChI is InChI=1S/C19H23F2N3/c20-19(21)14-18(19)9-6-16(7-10-18)22-12-8-15-2-4-17(5-3-15)24-13-1-11-23-24/h1-5,11,13,16,22H,6-10,12,14H2. The monoisotopic (exact) mass is 331 g/mol. The Hall–Kier alpha value is -1.75. The lowest BCUT2D eigenvalue weighted by Gasteiger charge is -2.29. The topological polar surface area (TPSA) is 29.9 Å². The minimum atomic E-state index is -2.38. The normalized spacial score (nSPS) is 28.2. The molecule has 0 aliphatic heterocycles. The summed E-state index contributed by atoms with van der Waals surface area (Å²) in [5.41, 5.74) is 1.70. The van der Waals surface area contributed by atoms with Crippen LogP contribution in [0.5, 0.6) is 0 Å². The average Bonchev–Trinajstić information content (AvgIpc) is 2.96. The summed E-state index contributed by atoms with van der Waals surface area (Å²) in [7, 11) is 0. The molecule has 2 saturated carbocycles. The first-order valence-electron chi connectivity index (χ1n) is 8.78. The quantitative estimate of drug-likeness (QED) is 0.898. The summed E-state index contributed by atoms with van der Waals surface area (Å²) in [5, 5.41) is 7.76. The van der Waals surface area contributed by atoms with Crippen LogP contribution in [0.4, 0.5) is 8.78 Å². The first-order chi connectivity index (χ1) is 11.6. The zero-order valence-corrected chi connectivity index (χ0v) is 13.7. The van der Waals surface area contributed by atoms with E-state index in [1.165, 1.54) is 5.56 Å². The first kappa shape index (κ1) is 15.8. The number of rotatable bonds is 5. The predicted octanol–water partition coefficient (Wildman–Crippen LogP) is 3.97. The molecule has 2 aromatic rings.